The molecule has 27 heavy (non-hydrogen) atoms. The fraction of sp³-hybridized carbons (Fsp3) is 0.273. The van der Waals surface area contributed by atoms with Gasteiger partial charge in [0.05, 0.1) is 18.8 Å². The van der Waals surface area contributed by atoms with Gasteiger partial charge in [-0.2, -0.15) is 5.10 Å². The maximum absolute atomic E-state index is 12.1. The average molecular weight is 363 g/mol. The molecule has 1 amide bonds. The molecule has 0 saturated carbocycles. The van der Waals surface area contributed by atoms with Gasteiger partial charge in [-0.05, 0) is 25.0 Å². The monoisotopic (exact) mass is 363 g/mol. The molecule has 1 heterocycles. The first-order chi connectivity index (χ1) is 13.1. The number of rotatable bonds is 8. The van der Waals surface area contributed by atoms with Crippen molar-refractivity contribution < 1.29 is 9.53 Å². The van der Waals surface area contributed by atoms with Crippen molar-refractivity contribution in [2.75, 3.05) is 6.61 Å². The van der Waals surface area contributed by atoms with E-state index in [1.165, 1.54) is 5.56 Å². The number of hydrogen-bond donors (Lipinski definition) is 1. The highest BCUT2D eigenvalue weighted by molar-refractivity contribution is 5.77. The topological polar surface area (TPSA) is 56.2 Å². The Morgan fingerprint density at radius 1 is 1.00 bits per heavy atom. The van der Waals surface area contributed by atoms with Gasteiger partial charge >= 0.3 is 0 Å². The summed E-state index contributed by atoms with van der Waals surface area (Å²) in [4.78, 5) is 12.1. The maximum atomic E-state index is 12.1. The molecule has 5 nitrogen and oxygen atoms in total. The zero-order chi connectivity index (χ0) is 19.1. The zero-order valence-electron chi connectivity index (χ0n) is 15.8. The lowest BCUT2D eigenvalue weighted by Gasteiger charge is -2.08. The Morgan fingerprint density at radius 3 is 2.30 bits per heavy atom. The van der Waals surface area contributed by atoms with Gasteiger partial charge in [0.15, 0.2) is 0 Å². The molecule has 0 bridgehead atoms. The Labute approximate surface area is 160 Å². The number of aromatic nitrogens is 2. The lowest BCUT2D eigenvalue weighted by Crippen LogP contribution is -2.27. The summed E-state index contributed by atoms with van der Waals surface area (Å²) in [6.07, 6.45) is 0. The van der Waals surface area contributed by atoms with Gasteiger partial charge in [0.2, 0.25) is 5.91 Å². The van der Waals surface area contributed by atoms with Crippen molar-refractivity contribution in [1.82, 2.24) is 15.1 Å². The molecule has 5 heteroatoms. The third-order valence-corrected chi connectivity index (χ3v) is 4.51. The van der Waals surface area contributed by atoms with E-state index >= 15 is 0 Å². The number of carbonyl (C=O) groups is 1. The van der Waals surface area contributed by atoms with Gasteiger partial charge in [-0.25, -0.2) is 0 Å². The van der Waals surface area contributed by atoms with Crippen LogP contribution < -0.4 is 5.32 Å². The number of benzene rings is 2. The summed E-state index contributed by atoms with van der Waals surface area (Å²) in [7, 11) is 0. The lowest BCUT2D eigenvalue weighted by atomic mass is 10.2. The van der Waals surface area contributed by atoms with E-state index in [0.29, 0.717) is 13.2 Å². The second kappa shape index (κ2) is 9.14. The van der Waals surface area contributed by atoms with Gasteiger partial charge in [-0.15, -0.1) is 0 Å². The van der Waals surface area contributed by atoms with Crippen LogP contribution in [0.4, 0.5) is 0 Å². The van der Waals surface area contributed by atoms with Gasteiger partial charge in [-0.1, -0.05) is 60.7 Å². The van der Waals surface area contributed by atoms with Gasteiger partial charge in [0.25, 0.3) is 0 Å². The minimum absolute atomic E-state index is 0.0468. The van der Waals surface area contributed by atoms with Crippen LogP contribution in [0.15, 0.2) is 60.7 Å². The molecule has 0 aliphatic heterocycles. The summed E-state index contributed by atoms with van der Waals surface area (Å²) < 4.78 is 7.47. The Hall–Kier alpha value is -2.92. The van der Waals surface area contributed by atoms with Crippen LogP contribution >= 0.6 is 0 Å². The van der Waals surface area contributed by atoms with Crippen LogP contribution in [-0.4, -0.2) is 22.3 Å². The van der Waals surface area contributed by atoms with E-state index < -0.39 is 0 Å². The summed E-state index contributed by atoms with van der Waals surface area (Å²) >= 11 is 0. The smallest absolute Gasteiger partial charge is 0.246 e. The minimum atomic E-state index is -0.124. The number of ether oxygens (including phenoxy) is 1. The predicted molar refractivity (Wildman–Crippen MR) is 105 cm³/mol. The average Bonchev–Trinajstić information content (AvgIpc) is 2.95. The molecule has 0 saturated heterocycles. The van der Waals surface area contributed by atoms with E-state index in [2.05, 4.69) is 22.5 Å². The van der Waals surface area contributed by atoms with Crippen LogP contribution in [0.2, 0.25) is 0 Å². The molecular weight excluding hydrogens is 338 g/mol. The van der Waals surface area contributed by atoms with E-state index in [0.717, 1.165) is 29.1 Å². The molecule has 140 valence electrons. The largest absolute Gasteiger partial charge is 0.367 e. The number of aryl methyl sites for hydroxylation is 1. The molecule has 0 fully saturated rings. The molecule has 1 N–H and O–H groups in total. The van der Waals surface area contributed by atoms with Crippen LogP contribution in [0.3, 0.4) is 0 Å². The summed E-state index contributed by atoms with van der Waals surface area (Å²) in [6.45, 7) is 5.67. The second-order valence-corrected chi connectivity index (χ2v) is 6.55. The van der Waals surface area contributed by atoms with E-state index in [-0.39, 0.29) is 12.5 Å². The van der Waals surface area contributed by atoms with E-state index in [1.807, 2.05) is 67.1 Å². The first-order valence-corrected chi connectivity index (χ1v) is 9.08. The van der Waals surface area contributed by atoms with Crippen molar-refractivity contribution in [2.45, 2.75) is 33.5 Å². The second-order valence-electron chi connectivity index (χ2n) is 6.55. The molecule has 2 aromatic carbocycles. The Balaban J connectivity index is 1.51. The predicted octanol–water partition coefficient (Wildman–Crippen LogP) is 3.38. The highest BCUT2D eigenvalue weighted by Gasteiger charge is 2.13. The quantitative estimate of drug-likeness (QED) is 0.667. The number of nitrogens with zero attached hydrogens (tertiary/aromatic N) is 2. The standard InChI is InChI=1S/C22H25N3O2/c1-17-21(18(2)25(24-17)14-19-9-5-3-6-10-19)13-23-22(26)16-27-15-20-11-7-4-8-12-20/h3-12H,13-16H2,1-2H3,(H,23,26). The third kappa shape index (κ3) is 5.28. The SMILES string of the molecule is Cc1nn(Cc2ccccc2)c(C)c1CNC(=O)COCc1ccccc1. The van der Waals surface area contributed by atoms with Crippen molar-refractivity contribution in [2.24, 2.45) is 0 Å². The minimum Gasteiger partial charge on any atom is -0.367 e. The fourth-order valence-electron chi connectivity index (χ4n) is 2.97. The Kier molecular flexibility index (Phi) is 6.39. The van der Waals surface area contributed by atoms with Crippen LogP contribution in [0.5, 0.6) is 0 Å². The van der Waals surface area contributed by atoms with Gasteiger partial charge < -0.3 is 10.1 Å². The van der Waals surface area contributed by atoms with Crippen molar-refractivity contribution >= 4 is 5.91 Å². The van der Waals surface area contributed by atoms with Crippen molar-refractivity contribution in [1.29, 1.82) is 0 Å². The molecule has 0 aliphatic carbocycles. The Bertz CT molecular complexity index is 873. The van der Waals surface area contributed by atoms with Crippen LogP contribution in [0.1, 0.15) is 28.1 Å². The normalized spacial score (nSPS) is 10.7. The molecule has 0 radical (unpaired) electrons. The van der Waals surface area contributed by atoms with Crippen molar-refractivity contribution in [3.8, 4) is 0 Å². The van der Waals surface area contributed by atoms with Crippen LogP contribution in [0, 0.1) is 13.8 Å². The fourth-order valence-corrected chi connectivity index (χ4v) is 2.97. The summed E-state index contributed by atoms with van der Waals surface area (Å²) in [5.41, 5.74) is 5.32. The lowest BCUT2D eigenvalue weighted by molar-refractivity contribution is -0.126. The number of hydrogen-bond acceptors (Lipinski definition) is 3. The first kappa shape index (κ1) is 18.9. The van der Waals surface area contributed by atoms with E-state index in [4.69, 9.17) is 4.74 Å². The third-order valence-electron chi connectivity index (χ3n) is 4.51. The zero-order valence-corrected chi connectivity index (χ0v) is 15.8. The molecule has 3 aromatic rings. The van der Waals surface area contributed by atoms with Gasteiger partial charge in [-0.3, -0.25) is 9.48 Å². The molecule has 3 rings (SSSR count). The highest BCUT2D eigenvalue weighted by Crippen LogP contribution is 2.14. The van der Waals surface area contributed by atoms with Crippen LogP contribution in [-0.2, 0) is 29.2 Å². The molecular formula is C22H25N3O2. The number of nitrogens with one attached hydrogen (secondary N) is 1. The maximum Gasteiger partial charge on any atom is 0.246 e. The number of amides is 1. The summed E-state index contributed by atoms with van der Waals surface area (Å²) in [5, 5.41) is 7.55. The van der Waals surface area contributed by atoms with Gasteiger partial charge in [0, 0.05) is 17.8 Å². The van der Waals surface area contributed by atoms with Crippen LogP contribution in [0.25, 0.3) is 0 Å². The molecule has 0 atom stereocenters. The summed E-state index contributed by atoms with van der Waals surface area (Å²) in [6, 6.07) is 20.1. The molecule has 0 aliphatic rings. The van der Waals surface area contributed by atoms with E-state index in [1.54, 1.807) is 0 Å². The Morgan fingerprint density at radius 2 is 1.63 bits per heavy atom. The molecule has 0 spiro atoms. The number of carbonyl (C=O) groups excluding carboxylic acids is 1. The molecule has 1 aromatic heterocycles. The van der Waals surface area contributed by atoms with Crippen molar-refractivity contribution in [3.05, 3.63) is 88.7 Å². The van der Waals surface area contributed by atoms with E-state index in [9.17, 15) is 4.79 Å². The molecule has 0 unspecified atom stereocenters. The summed E-state index contributed by atoms with van der Waals surface area (Å²) in [5.74, 6) is -0.124. The van der Waals surface area contributed by atoms with Crippen molar-refractivity contribution in [3.63, 3.8) is 0 Å². The van der Waals surface area contributed by atoms with Gasteiger partial charge in [0.1, 0.15) is 6.61 Å². The first-order valence-electron chi connectivity index (χ1n) is 9.08. The highest BCUT2D eigenvalue weighted by atomic mass is 16.5.